The second kappa shape index (κ2) is 5.75. The molecule has 2 N–H and O–H groups in total. The molecule has 0 unspecified atom stereocenters. The fraction of sp³-hybridized carbons (Fsp3) is 0.524. The molecule has 1 aromatic carbocycles. The number of anilines is 1. The molecule has 6 rings (SSSR count). The highest BCUT2D eigenvalue weighted by molar-refractivity contribution is 6.32. The molecule has 1 saturated heterocycles. The van der Waals surface area contributed by atoms with Crippen LogP contribution in [0.2, 0.25) is 0 Å². The highest BCUT2D eigenvalue weighted by atomic mass is 16.2. The summed E-state index contributed by atoms with van der Waals surface area (Å²) in [5, 5.41) is 9.46. The first kappa shape index (κ1) is 16.7. The van der Waals surface area contributed by atoms with Crippen molar-refractivity contribution in [2.45, 2.75) is 43.9 Å². The number of benzene rings is 1. The van der Waals surface area contributed by atoms with E-state index in [2.05, 4.69) is 17.4 Å². The van der Waals surface area contributed by atoms with Gasteiger partial charge in [-0.2, -0.15) is 0 Å². The first-order valence-electron chi connectivity index (χ1n) is 9.79. The zero-order valence-electron chi connectivity index (χ0n) is 15.1. The lowest BCUT2D eigenvalue weighted by molar-refractivity contribution is -0.131. The molecule has 4 bridgehead atoms. The number of urea groups is 1. The van der Waals surface area contributed by atoms with Gasteiger partial charge in [0.1, 0.15) is 0 Å². The van der Waals surface area contributed by atoms with Gasteiger partial charge in [0.15, 0.2) is 5.92 Å². The second-order valence-corrected chi connectivity index (χ2v) is 8.86. The van der Waals surface area contributed by atoms with Crippen molar-refractivity contribution in [2.24, 2.45) is 23.7 Å². The summed E-state index contributed by atoms with van der Waals surface area (Å²) in [4.78, 5) is 37.3. The van der Waals surface area contributed by atoms with E-state index >= 15 is 0 Å². The highest BCUT2D eigenvalue weighted by Crippen LogP contribution is 2.60. The molecule has 6 heteroatoms. The van der Waals surface area contributed by atoms with Gasteiger partial charge in [-0.25, -0.2) is 9.69 Å². The summed E-state index contributed by atoms with van der Waals surface area (Å²) >= 11 is 0. The standard InChI is InChI=1S/C21H23N3O3/c22-11-17-18(25)23-20(27)24(19(17)26)16-3-1-15(2-4-16)21-8-12-5-13(9-21)7-14(6-12)10-21/h1-4,11-14,17,22H,5-10H2,(H,23,25,27)/t12?,13?,14?,17-,21?/m0/s1. The third-order valence-corrected chi connectivity index (χ3v) is 7.14. The van der Waals surface area contributed by atoms with E-state index < -0.39 is 23.8 Å². The van der Waals surface area contributed by atoms with Gasteiger partial charge in [0.25, 0.3) is 5.91 Å². The Labute approximate surface area is 157 Å². The molecule has 5 fully saturated rings. The third-order valence-electron chi connectivity index (χ3n) is 7.14. The number of amides is 4. The number of imide groups is 2. The Morgan fingerprint density at radius 1 is 0.963 bits per heavy atom. The smallest absolute Gasteiger partial charge is 0.312 e. The first-order chi connectivity index (χ1) is 13.0. The lowest BCUT2D eigenvalue weighted by Gasteiger charge is -2.57. The van der Waals surface area contributed by atoms with E-state index in [4.69, 9.17) is 5.41 Å². The molecule has 6 nitrogen and oxygen atoms in total. The van der Waals surface area contributed by atoms with Gasteiger partial charge < -0.3 is 5.41 Å². The molecular weight excluding hydrogens is 342 g/mol. The monoisotopic (exact) mass is 365 g/mol. The normalized spacial score (nSPS) is 37.5. The Bertz CT molecular complexity index is 809. The zero-order valence-corrected chi connectivity index (χ0v) is 15.1. The number of barbiturate groups is 1. The van der Waals surface area contributed by atoms with Gasteiger partial charge in [-0.3, -0.25) is 14.9 Å². The lowest BCUT2D eigenvalue weighted by Crippen LogP contribution is -2.58. The fourth-order valence-corrected chi connectivity index (χ4v) is 6.41. The first-order valence-corrected chi connectivity index (χ1v) is 9.79. The van der Waals surface area contributed by atoms with Crippen LogP contribution in [0.15, 0.2) is 24.3 Å². The van der Waals surface area contributed by atoms with E-state index in [0.29, 0.717) is 5.69 Å². The summed E-state index contributed by atoms with van der Waals surface area (Å²) in [6.07, 6.45) is 8.71. The summed E-state index contributed by atoms with van der Waals surface area (Å²) in [7, 11) is 0. The van der Waals surface area contributed by atoms with Crippen LogP contribution in [0.5, 0.6) is 0 Å². The Morgan fingerprint density at radius 2 is 1.52 bits per heavy atom. The summed E-state index contributed by atoms with van der Waals surface area (Å²) < 4.78 is 0. The average Bonchev–Trinajstić information content (AvgIpc) is 2.61. The van der Waals surface area contributed by atoms with Gasteiger partial charge in [-0.05, 0) is 79.4 Å². The highest BCUT2D eigenvalue weighted by Gasteiger charge is 2.51. The van der Waals surface area contributed by atoms with Gasteiger partial charge in [0.2, 0.25) is 5.91 Å². The van der Waals surface area contributed by atoms with Crippen LogP contribution in [0.25, 0.3) is 0 Å². The van der Waals surface area contributed by atoms with Crippen LogP contribution >= 0.6 is 0 Å². The van der Waals surface area contributed by atoms with E-state index in [1.54, 1.807) is 0 Å². The van der Waals surface area contributed by atoms with Crippen LogP contribution < -0.4 is 10.2 Å². The SMILES string of the molecule is N=C[C@H]1C(=O)NC(=O)N(c2ccc(C34CC5CC(CC(C5)C3)C4)cc2)C1=O. The number of hydrogen-bond acceptors (Lipinski definition) is 4. The molecule has 4 saturated carbocycles. The van der Waals surface area contributed by atoms with Crippen molar-refractivity contribution in [1.82, 2.24) is 5.32 Å². The van der Waals surface area contributed by atoms with Crippen LogP contribution in [0.4, 0.5) is 10.5 Å². The van der Waals surface area contributed by atoms with Crippen molar-refractivity contribution in [3.63, 3.8) is 0 Å². The molecule has 1 aliphatic heterocycles. The van der Waals surface area contributed by atoms with E-state index in [1.165, 1.54) is 44.1 Å². The average molecular weight is 365 g/mol. The van der Waals surface area contributed by atoms with Crippen LogP contribution in [-0.2, 0) is 15.0 Å². The summed E-state index contributed by atoms with van der Waals surface area (Å²) in [6.45, 7) is 0. The van der Waals surface area contributed by atoms with Crippen molar-refractivity contribution in [2.75, 3.05) is 4.90 Å². The number of rotatable bonds is 3. The lowest BCUT2D eigenvalue weighted by atomic mass is 9.48. The van der Waals surface area contributed by atoms with E-state index in [0.717, 1.165) is 28.9 Å². The van der Waals surface area contributed by atoms with Crippen LogP contribution in [0, 0.1) is 29.1 Å². The summed E-state index contributed by atoms with van der Waals surface area (Å²) in [6, 6.07) is 6.98. The van der Waals surface area contributed by atoms with Gasteiger partial charge in [-0.15, -0.1) is 0 Å². The quantitative estimate of drug-likeness (QED) is 0.637. The fourth-order valence-electron chi connectivity index (χ4n) is 6.41. The molecule has 1 atom stereocenters. The molecule has 4 aliphatic carbocycles. The molecule has 0 radical (unpaired) electrons. The maximum atomic E-state index is 12.5. The topological polar surface area (TPSA) is 90.3 Å². The minimum atomic E-state index is -1.24. The maximum absolute atomic E-state index is 12.5. The molecule has 1 heterocycles. The van der Waals surface area contributed by atoms with Crippen molar-refractivity contribution in [3.05, 3.63) is 29.8 Å². The molecule has 1 aromatic rings. The molecular formula is C21H23N3O3. The minimum absolute atomic E-state index is 0.259. The van der Waals surface area contributed by atoms with Crippen LogP contribution in [-0.4, -0.2) is 24.1 Å². The Kier molecular flexibility index (Phi) is 3.55. The molecule has 27 heavy (non-hydrogen) atoms. The Balaban J connectivity index is 1.44. The maximum Gasteiger partial charge on any atom is 0.335 e. The van der Waals surface area contributed by atoms with Crippen molar-refractivity contribution in [1.29, 1.82) is 5.41 Å². The van der Waals surface area contributed by atoms with E-state index in [1.807, 2.05) is 12.1 Å². The Morgan fingerprint density at radius 3 is 2.04 bits per heavy atom. The van der Waals surface area contributed by atoms with Crippen molar-refractivity contribution >= 4 is 29.7 Å². The molecule has 0 aromatic heterocycles. The number of carbonyl (C=O) groups is 3. The summed E-state index contributed by atoms with van der Waals surface area (Å²) in [5.41, 5.74) is 2.02. The van der Waals surface area contributed by atoms with Crippen molar-refractivity contribution < 1.29 is 14.4 Å². The van der Waals surface area contributed by atoms with Crippen LogP contribution in [0.3, 0.4) is 0 Å². The van der Waals surface area contributed by atoms with Crippen LogP contribution in [0.1, 0.15) is 44.1 Å². The number of hydrogen-bond donors (Lipinski definition) is 2. The number of nitrogens with one attached hydrogen (secondary N) is 2. The Hall–Kier alpha value is -2.50. The number of nitrogens with zero attached hydrogens (tertiary/aromatic N) is 1. The van der Waals surface area contributed by atoms with Gasteiger partial charge in [-0.1, -0.05) is 12.1 Å². The van der Waals surface area contributed by atoms with E-state index in [-0.39, 0.29) is 5.41 Å². The summed E-state index contributed by atoms with van der Waals surface area (Å²) in [5.74, 6) is -0.0903. The predicted octanol–water partition coefficient (Wildman–Crippen LogP) is 3.00. The van der Waals surface area contributed by atoms with Gasteiger partial charge in [0, 0.05) is 6.21 Å². The zero-order chi connectivity index (χ0) is 18.8. The predicted molar refractivity (Wildman–Crippen MR) is 99.6 cm³/mol. The minimum Gasteiger partial charge on any atom is -0.312 e. The molecule has 5 aliphatic rings. The molecule has 140 valence electrons. The number of carbonyl (C=O) groups excluding carboxylic acids is 3. The third kappa shape index (κ3) is 2.46. The molecule has 4 amide bonds. The van der Waals surface area contributed by atoms with Crippen molar-refractivity contribution in [3.8, 4) is 0 Å². The van der Waals surface area contributed by atoms with Gasteiger partial charge >= 0.3 is 6.03 Å². The largest absolute Gasteiger partial charge is 0.335 e. The van der Waals surface area contributed by atoms with E-state index in [9.17, 15) is 14.4 Å². The molecule has 0 spiro atoms. The van der Waals surface area contributed by atoms with Gasteiger partial charge in [0.05, 0.1) is 5.69 Å². The second-order valence-electron chi connectivity index (χ2n) is 8.86.